The molecule has 0 saturated heterocycles. The number of nitrogen functional groups attached to an aromatic ring is 1. The number of ether oxygens (including phenoxy) is 1. The van der Waals surface area contributed by atoms with Crippen LogP contribution in [0.4, 0.5) is 11.4 Å². The molecule has 19 heavy (non-hydrogen) atoms. The summed E-state index contributed by atoms with van der Waals surface area (Å²) in [5.74, 6) is 0.879. The first-order valence-electron chi connectivity index (χ1n) is 7.19. The molecule has 0 atom stereocenters. The van der Waals surface area contributed by atoms with Crippen LogP contribution in [0.1, 0.15) is 27.2 Å². The number of nitrogens with zero attached hydrogens (tertiary/aromatic N) is 1. The van der Waals surface area contributed by atoms with Gasteiger partial charge in [-0.05, 0) is 38.6 Å². The van der Waals surface area contributed by atoms with Crippen molar-refractivity contribution in [2.24, 2.45) is 0 Å². The topological polar surface area (TPSA) is 50.5 Å². The Morgan fingerprint density at radius 1 is 1.21 bits per heavy atom. The molecule has 1 rings (SSSR count). The maximum absolute atomic E-state index is 5.88. The lowest BCUT2D eigenvalue weighted by Gasteiger charge is -2.18. The molecule has 1 aromatic carbocycles. The molecule has 1 aromatic rings. The summed E-state index contributed by atoms with van der Waals surface area (Å²) < 4.78 is 5.77. The van der Waals surface area contributed by atoms with Crippen LogP contribution in [0.3, 0.4) is 0 Å². The van der Waals surface area contributed by atoms with Crippen molar-refractivity contribution < 1.29 is 4.74 Å². The largest absolute Gasteiger partial charge is 0.493 e. The molecule has 0 fully saturated rings. The molecule has 4 heteroatoms. The molecule has 3 N–H and O–H groups in total. The maximum atomic E-state index is 5.88. The maximum Gasteiger partial charge on any atom is 0.121 e. The van der Waals surface area contributed by atoms with E-state index in [1.807, 2.05) is 18.2 Å². The highest BCUT2D eigenvalue weighted by Gasteiger charge is 2.02. The Labute approximate surface area is 116 Å². The zero-order chi connectivity index (χ0) is 14.1. The first-order valence-corrected chi connectivity index (χ1v) is 7.19. The van der Waals surface area contributed by atoms with E-state index in [0.717, 1.165) is 56.3 Å². The molecule has 0 aliphatic rings. The van der Waals surface area contributed by atoms with Gasteiger partial charge in [-0.25, -0.2) is 0 Å². The van der Waals surface area contributed by atoms with E-state index in [9.17, 15) is 0 Å². The van der Waals surface area contributed by atoms with Crippen molar-refractivity contribution in [2.45, 2.75) is 27.2 Å². The van der Waals surface area contributed by atoms with E-state index in [4.69, 9.17) is 10.5 Å². The molecule has 0 heterocycles. The SMILES string of the molecule is CCNc1cc(OCCCN(CC)CC)ccc1N. The molecule has 108 valence electrons. The number of rotatable bonds is 9. The van der Waals surface area contributed by atoms with E-state index in [-0.39, 0.29) is 0 Å². The number of hydrogen-bond acceptors (Lipinski definition) is 4. The minimum absolute atomic E-state index is 0.742. The molecule has 0 aromatic heterocycles. The van der Waals surface area contributed by atoms with Gasteiger partial charge in [-0.3, -0.25) is 0 Å². The first kappa shape index (κ1) is 15.6. The van der Waals surface area contributed by atoms with Crippen molar-refractivity contribution in [3.8, 4) is 5.75 Å². The van der Waals surface area contributed by atoms with Gasteiger partial charge in [0, 0.05) is 19.2 Å². The fourth-order valence-electron chi connectivity index (χ4n) is 1.99. The smallest absolute Gasteiger partial charge is 0.121 e. The van der Waals surface area contributed by atoms with Crippen molar-refractivity contribution in [1.82, 2.24) is 4.90 Å². The monoisotopic (exact) mass is 265 g/mol. The molecule has 0 aliphatic carbocycles. The number of hydrogen-bond donors (Lipinski definition) is 2. The standard InChI is InChI=1S/C15H27N3O/c1-4-17-15-12-13(8-9-14(15)16)19-11-7-10-18(5-2)6-3/h8-9,12,17H,4-7,10-11,16H2,1-3H3. The van der Waals surface area contributed by atoms with Crippen molar-refractivity contribution >= 4 is 11.4 Å². The third-order valence-corrected chi connectivity index (χ3v) is 3.17. The van der Waals surface area contributed by atoms with E-state index in [1.54, 1.807) is 0 Å². The summed E-state index contributed by atoms with van der Waals surface area (Å²) >= 11 is 0. The van der Waals surface area contributed by atoms with Crippen LogP contribution < -0.4 is 15.8 Å². The summed E-state index contributed by atoms with van der Waals surface area (Å²) in [5.41, 5.74) is 7.59. The normalized spacial score (nSPS) is 10.7. The van der Waals surface area contributed by atoms with Crippen LogP contribution in [0.2, 0.25) is 0 Å². The van der Waals surface area contributed by atoms with Gasteiger partial charge in [0.25, 0.3) is 0 Å². The second-order valence-electron chi connectivity index (χ2n) is 4.51. The predicted molar refractivity (Wildman–Crippen MR) is 82.9 cm³/mol. The highest BCUT2D eigenvalue weighted by Crippen LogP contribution is 2.24. The Morgan fingerprint density at radius 2 is 1.95 bits per heavy atom. The van der Waals surface area contributed by atoms with Gasteiger partial charge >= 0.3 is 0 Å². The molecule has 0 bridgehead atoms. The highest BCUT2D eigenvalue weighted by molar-refractivity contribution is 5.68. The minimum atomic E-state index is 0.742. The Hall–Kier alpha value is -1.42. The van der Waals surface area contributed by atoms with Crippen LogP contribution in [0, 0.1) is 0 Å². The third-order valence-electron chi connectivity index (χ3n) is 3.17. The summed E-state index contributed by atoms with van der Waals surface area (Å²) in [6.45, 7) is 11.3. The molecule has 0 saturated carbocycles. The number of benzene rings is 1. The number of nitrogens with two attached hydrogens (primary N) is 1. The third kappa shape index (κ3) is 5.39. The molecule has 0 unspecified atom stereocenters. The molecular weight excluding hydrogens is 238 g/mol. The van der Waals surface area contributed by atoms with Gasteiger partial charge in [-0.1, -0.05) is 13.8 Å². The van der Waals surface area contributed by atoms with Crippen LogP contribution in [0.15, 0.2) is 18.2 Å². The summed E-state index contributed by atoms with van der Waals surface area (Å²) in [5, 5.41) is 3.23. The van der Waals surface area contributed by atoms with Gasteiger partial charge in [0.05, 0.1) is 18.0 Å². The van der Waals surface area contributed by atoms with E-state index in [2.05, 4.69) is 31.0 Å². The van der Waals surface area contributed by atoms with Gasteiger partial charge in [0.2, 0.25) is 0 Å². The Kier molecular flexibility index (Phi) is 7.11. The van der Waals surface area contributed by atoms with E-state index >= 15 is 0 Å². The zero-order valence-electron chi connectivity index (χ0n) is 12.4. The second-order valence-corrected chi connectivity index (χ2v) is 4.51. The second kappa shape index (κ2) is 8.64. The lowest BCUT2D eigenvalue weighted by Crippen LogP contribution is -2.25. The minimum Gasteiger partial charge on any atom is -0.493 e. The number of nitrogens with one attached hydrogen (secondary N) is 1. The quantitative estimate of drug-likeness (QED) is 0.532. The van der Waals surface area contributed by atoms with Gasteiger partial charge in [-0.15, -0.1) is 0 Å². The first-order chi connectivity index (χ1) is 9.21. The lowest BCUT2D eigenvalue weighted by molar-refractivity contribution is 0.249. The van der Waals surface area contributed by atoms with Gasteiger partial charge < -0.3 is 20.7 Å². The van der Waals surface area contributed by atoms with Crippen LogP contribution in [0.25, 0.3) is 0 Å². The fraction of sp³-hybridized carbons (Fsp3) is 0.600. The summed E-state index contributed by atoms with van der Waals surface area (Å²) in [4.78, 5) is 2.40. The van der Waals surface area contributed by atoms with E-state index < -0.39 is 0 Å². The Balaban J connectivity index is 2.39. The van der Waals surface area contributed by atoms with Crippen LogP contribution in [-0.4, -0.2) is 37.7 Å². The molecule has 0 aliphatic heterocycles. The molecule has 4 nitrogen and oxygen atoms in total. The summed E-state index contributed by atoms with van der Waals surface area (Å²) in [7, 11) is 0. The van der Waals surface area contributed by atoms with Gasteiger partial charge in [-0.2, -0.15) is 0 Å². The average molecular weight is 265 g/mol. The molecule has 0 amide bonds. The van der Waals surface area contributed by atoms with E-state index in [1.165, 1.54) is 0 Å². The van der Waals surface area contributed by atoms with Crippen molar-refractivity contribution in [1.29, 1.82) is 0 Å². The average Bonchev–Trinajstić information content (AvgIpc) is 2.42. The van der Waals surface area contributed by atoms with Gasteiger partial charge in [0.1, 0.15) is 5.75 Å². The Morgan fingerprint density at radius 3 is 2.58 bits per heavy atom. The zero-order valence-corrected chi connectivity index (χ0v) is 12.4. The van der Waals surface area contributed by atoms with Crippen molar-refractivity contribution in [2.75, 3.05) is 43.8 Å². The van der Waals surface area contributed by atoms with Crippen LogP contribution >= 0.6 is 0 Å². The molecule has 0 radical (unpaired) electrons. The predicted octanol–water partition coefficient (Wildman–Crippen LogP) is 2.81. The van der Waals surface area contributed by atoms with Crippen LogP contribution in [0.5, 0.6) is 5.75 Å². The molecule has 0 spiro atoms. The Bertz CT molecular complexity index is 364. The van der Waals surface area contributed by atoms with Crippen LogP contribution in [-0.2, 0) is 0 Å². The highest BCUT2D eigenvalue weighted by atomic mass is 16.5. The van der Waals surface area contributed by atoms with Crippen molar-refractivity contribution in [3.63, 3.8) is 0 Å². The number of anilines is 2. The van der Waals surface area contributed by atoms with E-state index in [0.29, 0.717) is 0 Å². The summed E-state index contributed by atoms with van der Waals surface area (Å²) in [6, 6.07) is 5.78. The lowest BCUT2D eigenvalue weighted by atomic mass is 10.2. The van der Waals surface area contributed by atoms with Gasteiger partial charge in [0.15, 0.2) is 0 Å². The van der Waals surface area contributed by atoms with Crippen molar-refractivity contribution in [3.05, 3.63) is 18.2 Å². The fourth-order valence-corrected chi connectivity index (χ4v) is 1.99. The molecular formula is C15H27N3O. The summed E-state index contributed by atoms with van der Waals surface area (Å²) in [6.07, 6.45) is 1.04.